The van der Waals surface area contributed by atoms with Gasteiger partial charge in [-0.2, -0.15) is 0 Å². The van der Waals surface area contributed by atoms with Crippen LogP contribution in [-0.4, -0.2) is 30.6 Å². The molecule has 0 unspecified atom stereocenters. The quantitative estimate of drug-likeness (QED) is 0.810. The van der Waals surface area contributed by atoms with Crippen LogP contribution in [0.5, 0.6) is 0 Å². The van der Waals surface area contributed by atoms with Crippen molar-refractivity contribution in [1.82, 2.24) is 10.6 Å². The molecule has 0 fully saturated rings. The summed E-state index contributed by atoms with van der Waals surface area (Å²) in [5, 5.41) is 4.67. The lowest BCUT2D eigenvalue weighted by Gasteiger charge is -2.11. The van der Waals surface area contributed by atoms with Crippen LogP contribution in [0.2, 0.25) is 0 Å². The predicted molar refractivity (Wildman–Crippen MR) is 77.9 cm³/mol. The molecule has 6 heteroatoms. The van der Waals surface area contributed by atoms with Gasteiger partial charge in [0.2, 0.25) is 0 Å². The molecule has 0 aliphatic carbocycles. The van der Waals surface area contributed by atoms with E-state index in [1.54, 1.807) is 24.3 Å². The van der Waals surface area contributed by atoms with Crippen LogP contribution in [0, 0.1) is 6.92 Å². The van der Waals surface area contributed by atoms with E-state index >= 15 is 0 Å². The second-order valence-corrected chi connectivity index (χ2v) is 4.77. The Bertz CT molecular complexity index is 511. The molecule has 2 N–H and O–H groups in total. The normalized spacial score (nSPS) is 11.4. The Kier molecular flexibility index (Phi) is 6.39. The zero-order valence-electron chi connectivity index (χ0n) is 12.4. The molecule has 21 heavy (non-hydrogen) atoms. The fraction of sp³-hybridized carbons (Fsp3) is 0.400. The highest BCUT2D eigenvalue weighted by Gasteiger charge is 2.13. The van der Waals surface area contributed by atoms with Gasteiger partial charge < -0.3 is 10.1 Å². The van der Waals surface area contributed by atoms with Gasteiger partial charge in [0.25, 0.3) is 5.91 Å². The minimum Gasteiger partial charge on any atom is -0.452 e. The van der Waals surface area contributed by atoms with Crippen molar-refractivity contribution in [3.05, 3.63) is 35.4 Å². The number of benzene rings is 1. The number of aryl methyl sites for hydroxylation is 1. The number of carbonyl (C=O) groups is 3. The van der Waals surface area contributed by atoms with Crippen molar-refractivity contribution in [1.29, 1.82) is 0 Å². The SMILES string of the molecule is CC[C@H](C)NC(=O)NC(=O)COC(=O)c1ccc(C)cc1. The molecule has 0 saturated heterocycles. The summed E-state index contributed by atoms with van der Waals surface area (Å²) in [7, 11) is 0. The number of esters is 1. The van der Waals surface area contributed by atoms with Crippen LogP contribution >= 0.6 is 0 Å². The first-order valence-corrected chi connectivity index (χ1v) is 6.76. The fourth-order valence-corrected chi connectivity index (χ4v) is 1.43. The Labute approximate surface area is 123 Å². The Morgan fingerprint density at radius 2 is 1.81 bits per heavy atom. The van der Waals surface area contributed by atoms with Crippen LogP contribution in [0.15, 0.2) is 24.3 Å². The van der Waals surface area contributed by atoms with Gasteiger partial charge >= 0.3 is 12.0 Å². The van der Waals surface area contributed by atoms with Crippen LogP contribution in [0.25, 0.3) is 0 Å². The molecule has 3 amide bonds. The number of carbonyl (C=O) groups excluding carboxylic acids is 3. The Balaban J connectivity index is 2.37. The molecule has 1 aromatic rings. The summed E-state index contributed by atoms with van der Waals surface area (Å²) in [4.78, 5) is 34.5. The summed E-state index contributed by atoms with van der Waals surface area (Å²) in [5.74, 6) is -1.27. The van der Waals surface area contributed by atoms with Gasteiger partial charge in [0, 0.05) is 6.04 Å². The average molecular weight is 292 g/mol. The third-order valence-electron chi connectivity index (χ3n) is 2.86. The van der Waals surface area contributed by atoms with Crippen molar-refractivity contribution in [3.8, 4) is 0 Å². The summed E-state index contributed by atoms with van der Waals surface area (Å²) >= 11 is 0. The summed E-state index contributed by atoms with van der Waals surface area (Å²) in [5.41, 5.74) is 1.38. The first-order chi connectivity index (χ1) is 9.92. The highest BCUT2D eigenvalue weighted by Crippen LogP contribution is 2.04. The number of urea groups is 1. The number of hydrogen-bond acceptors (Lipinski definition) is 4. The number of ether oxygens (including phenoxy) is 1. The van der Waals surface area contributed by atoms with E-state index in [1.165, 1.54) is 0 Å². The third kappa shape index (κ3) is 6.07. The van der Waals surface area contributed by atoms with Crippen LogP contribution in [0.3, 0.4) is 0 Å². The van der Waals surface area contributed by atoms with Crippen molar-refractivity contribution < 1.29 is 19.1 Å². The molecule has 6 nitrogen and oxygen atoms in total. The van der Waals surface area contributed by atoms with E-state index in [4.69, 9.17) is 4.74 Å². The molecule has 0 spiro atoms. The topological polar surface area (TPSA) is 84.5 Å². The van der Waals surface area contributed by atoms with Gasteiger partial charge in [-0.3, -0.25) is 10.1 Å². The predicted octanol–water partition coefficient (Wildman–Crippen LogP) is 1.78. The molecule has 0 aromatic heterocycles. The van der Waals surface area contributed by atoms with Gasteiger partial charge in [0.15, 0.2) is 6.61 Å². The van der Waals surface area contributed by atoms with E-state index in [0.717, 1.165) is 12.0 Å². The molecule has 1 rings (SSSR count). The van der Waals surface area contributed by atoms with Crippen LogP contribution in [0.1, 0.15) is 36.2 Å². The first-order valence-electron chi connectivity index (χ1n) is 6.76. The lowest BCUT2D eigenvalue weighted by Crippen LogP contribution is -2.44. The van der Waals surface area contributed by atoms with Gasteiger partial charge in [-0.15, -0.1) is 0 Å². The van der Waals surface area contributed by atoms with Crippen molar-refractivity contribution in [2.75, 3.05) is 6.61 Å². The van der Waals surface area contributed by atoms with Gasteiger partial charge in [-0.25, -0.2) is 9.59 Å². The highest BCUT2D eigenvalue weighted by molar-refractivity contribution is 5.97. The van der Waals surface area contributed by atoms with Gasteiger partial charge in [0.05, 0.1) is 5.56 Å². The Morgan fingerprint density at radius 1 is 1.19 bits per heavy atom. The van der Waals surface area contributed by atoms with Crippen molar-refractivity contribution >= 4 is 17.9 Å². The molecule has 0 bridgehead atoms. The molecule has 0 saturated carbocycles. The van der Waals surface area contributed by atoms with Crippen molar-refractivity contribution in [2.24, 2.45) is 0 Å². The molecule has 114 valence electrons. The maximum absolute atomic E-state index is 11.7. The largest absolute Gasteiger partial charge is 0.452 e. The van der Waals surface area contributed by atoms with Crippen LogP contribution < -0.4 is 10.6 Å². The monoisotopic (exact) mass is 292 g/mol. The van der Waals surface area contributed by atoms with E-state index < -0.39 is 24.5 Å². The summed E-state index contributed by atoms with van der Waals surface area (Å²) < 4.78 is 4.83. The Morgan fingerprint density at radius 3 is 2.38 bits per heavy atom. The van der Waals surface area contributed by atoms with E-state index in [9.17, 15) is 14.4 Å². The van der Waals surface area contributed by atoms with Crippen molar-refractivity contribution in [2.45, 2.75) is 33.2 Å². The van der Waals surface area contributed by atoms with Crippen molar-refractivity contribution in [3.63, 3.8) is 0 Å². The van der Waals surface area contributed by atoms with E-state index in [2.05, 4.69) is 10.6 Å². The molecule has 1 aromatic carbocycles. The zero-order chi connectivity index (χ0) is 15.8. The second-order valence-electron chi connectivity index (χ2n) is 4.77. The number of hydrogen-bond donors (Lipinski definition) is 2. The van der Waals surface area contributed by atoms with Crippen LogP contribution in [-0.2, 0) is 9.53 Å². The molecule has 0 heterocycles. The van der Waals surface area contributed by atoms with Gasteiger partial charge in [-0.05, 0) is 32.4 Å². The van der Waals surface area contributed by atoms with E-state index in [-0.39, 0.29) is 6.04 Å². The lowest BCUT2D eigenvalue weighted by atomic mass is 10.1. The van der Waals surface area contributed by atoms with Gasteiger partial charge in [-0.1, -0.05) is 24.6 Å². The summed E-state index contributed by atoms with van der Waals surface area (Å²) in [6, 6.07) is 6.15. The minimum absolute atomic E-state index is 0.0343. The van der Waals surface area contributed by atoms with Crippen LogP contribution in [0.4, 0.5) is 4.79 Å². The lowest BCUT2D eigenvalue weighted by molar-refractivity contribution is -0.123. The summed E-state index contributed by atoms with van der Waals surface area (Å²) in [6.07, 6.45) is 0.754. The Hall–Kier alpha value is -2.37. The van der Waals surface area contributed by atoms with Gasteiger partial charge in [0.1, 0.15) is 0 Å². The number of amides is 3. The number of nitrogens with one attached hydrogen (secondary N) is 2. The standard InChI is InChI=1S/C15H20N2O4/c1-4-11(3)16-15(20)17-13(18)9-21-14(19)12-7-5-10(2)6-8-12/h5-8,11H,4,9H2,1-3H3,(H2,16,17,18,20)/t11-/m0/s1. The maximum atomic E-state index is 11.7. The minimum atomic E-state index is -0.670. The second kappa shape index (κ2) is 8.04. The smallest absolute Gasteiger partial charge is 0.338 e. The maximum Gasteiger partial charge on any atom is 0.338 e. The first kappa shape index (κ1) is 16.7. The zero-order valence-corrected chi connectivity index (χ0v) is 12.4. The van der Waals surface area contributed by atoms with E-state index in [1.807, 2.05) is 20.8 Å². The number of rotatable bonds is 5. The number of imide groups is 1. The molecule has 0 aliphatic heterocycles. The molecule has 0 aliphatic rings. The third-order valence-corrected chi connectivity index (χ3v) is 2.86. The average Bonchev–Trinajstić information content (AvgIpc) is 2.45. The molecule has 0 radical (unpaired) electrons. The molecule has 1 atom stereocenters. The van der Waals surface area contributed by atoms with E-state index in [0.29, 0.717) is 5.56 Å². The molecular formula is C15H20N2O4. The summed E-state index contributed by atoms with van der Waals surface area (Å²) in [6.45, 7) is 5.14. The molecular weight excluding hydrogens is 272 g/mol. The highest BCUT2D eigenvalue weighted by atomic mass is 16.5. The fourth-order valence-electron chi connectivity index (χ4n) is 1.43.